The number of aromatic nitrogens is 2. The van der Waals surface area contributed by atoms with Gasteiger partial charge in [0, 0.05) is 24.3 Å². The average molecular weight is 292 g/mol. The van der Waals surface area contributed by atoms with Gasteiger partial charge in [0.2, 0.25) is 0 Å². The van der Waals surface area contributed by atoms with Crippen LogP contribution in [-0.2, 0) is 0 Å². The van der Waals surface area contributed by atoms with Gasteiger partial charge >= 0.3 is 0 Å². The second-order valence-electron chi connectivity index (χ2n) is 6.72. The fraction of sp³-hybridized carbons (Fsp3) is 0.824. The molecule has 1 aliphatic rings. The Bertz CT molecular complexity index is 413. The number of hydrogen-bond donors (Lipinski definition) is 1. The monoisotopic (exact) mass is 292 g/mol. The highest BCUT2D eigenvalue weighted by Gasteiger charge is 2.24. The predicted molar refractivity (Wildman–Crippen MR) is 88.2 cm³/mol. The molecule has 1 aromatic rings. The first-order valence-electron chi connectivity index (χ1n) is 8.63. The molecule has 0 spiro atoms. The third-order valence-electron chi connectivity index (χ3n) is 4.78. The van der Waals surface area contributed by atoms with Crippen LogP contribution < -0.4 is 5.73 Å². The van der Waals surface area contributed by atoms with E-state index >= 15 is 0 Å². The van der Waals surface area contributed by atoms with Crippen LogP contribution in [0.3, 0.4) is 0 Å². The summed E-state index contributed by atoms with van der Waals surface area (Å²) in [5.74, 6) is 0.914. The van der Waals surface area contributed by atoms with Crippen molar-refractivity contribution in [2.24, 2.45) is 11.7 Å². The van der Waals surface area contributed by atoms with Crippen molar-refractivity contribution in [1.82, 2.24) is 14.7 Å². The Balaban J connectivity index is 2.02. The number of nitrogens with zero attached hydrogens (tertiary/aromatic N) is 3. The molecule has 1 fully saturated rings. The highest BCUT2D eigenvalue weighted by atomic mass is 15.3. The molecule has 4 heteroatoms. The van der Waals surface area contributed by atoms with Gasteiger partial charge in [-0.15, -0.1) is 0 Å². The zero-order chi connectivity index (χ0) is 15.2. The van der Waals surface area contributed by atoms with Crippen molar-refractivity contribution in [3.63, 3.8) is 0 Å². The van der Waals surface area contributed by atoms with Gasteiger partial charge in [-0.05, 0) is 52.1 Å². The van der Waals surface area contributed by atoms with Crippen LogP contribution in [0.15, 0.2) is 12.4 Å². The van der Waals surface area contributed by atoms with Crippen LogP contribution in [0.4, 0.5) is 0 Å². The molecule has 1 saturated heterocycles. The molecular weight excluding hydrogens is 260 g/mol. The minimum atomic E-state index is 0.331. The lowest BCUT2D eigenvalue weighted by molar-refractivity contribution is 0.206. The summed E-state index contributed by atoms with van der Waals surface area (Å²) in [5, 5.41) is 4.48. The summed E-state index contributed by atoms with van der Waals surface area (Å²) in [6.45, 7) is 9.66. The Kier molecular flexibility index (Phi) is 6.24. The molecule has 2 N–H and O–H groups in total. The van der Waals surface area contributed by atoms with E-state index in [4.69, 9.17) is 5.73 Å². The number of nitrogens with two attached hydrogens (primary N) is 1. The van der Waals surface area contributed by atoms with E-state index in [1.807, 2.05) is 10.9 Å². The first kappa shape index (κ1) is 16.5. The fourth-order valence-corrected chi connectivity index (χ4v) is 3.50. The molecule has 0 bridgehead atoms. The second-order valence-corrected chi connectivity index (χ2v) is 6.72. The van der Waals surface area contributed by atoms with E-state index in [-0.39, 0.29) is 0 Å². The van der Waals surface area contributed by atoms with Crippen LogP contribution in [0.1, 0.15) is 70.5 Å². The molecule has 0 radical (unpaired) electrons. The van der Waals surface area contributed by atoms with Gasteiger partial charge in [0.25, 0.3) is 0 Å². The quantitative estimate of drug-likeness (QED) is 0.874. The van der Waals surface area contributed by atoms with Gasteiger partial charge in [-0.1, -0.05) is 19.8 Å². The van der Waals surface area contributed by atoms with Gasteiger partial charge in [-0.2, -0.15) is 5.10 Å². The van der Waals surface area contributed by atoms with E-state index in [1.165, 1.54) is 50.8 Å². The van der Waals surface area contributed by atoms with Gasteiger partial charge in [0.15, 0.2) is 0 Å². The maximum atomic E-state index is 6.09. The van der Waals surface area contributed by atoms with Gasteiger partial charge in [-0.25, -0.2) is 0 Å². The molecule has 0 saturated carbocycles. The summed E-state index contributed by atoms with van der Waals surface area (Å²) < 4.78 is 2.04. The van der Waals surface area contributed by atoms with Crippen molar-refractivity contribution in [2.45, 2.75) is 65.0 Å². The zero-order valence-electron chi connectivity index (χ0n) is 14.0. The topological polar surface area (TPSA) is 47.1 Å². The van der Waals surface area contributed by atoms with Crippen molar-refractivity contribution in [1.29, 1.82) is 0 Å². The molecule has 1 aliphatic heterocycles. The van der Waals surface area contributed by atoms with E-state index < -0.39 is 0 Å². The van der Waals surface area contributed by atoms with E-state index in [9.17, 15) is 0 Å². The molecule has 0 amide bonds. The molecule has 120 valence electrons. The van der Waals surface area contributed by atoms with Crippen LogP contribution in [0.2, 0.25) is 0 Å². The molecule has 0 aliphatic carbocycles. The average Bonchev–Trinajstić information content (AvgIpc) is 2.83. The van der Waals surface area contributed by atoms with E-state index in [1.54, 1.807) is 0 Å². The normalized spacial score (nSPS) is 22.4. The van der Waals surface area contributed by atoms with Crippen molar-refractivity contribution in [2.75, 3.05) is 19.6 Å². The van der Waals surface area contributed by atoms with Crippen LogP contribution in [0.25, 0.3) is 0 Å². The Labute approximate surface area is 129 Å². The largest absolute Gasteiger partial charge is 0.329 e. The molecule has 1 aromatic heterocycles. The number of hydrogen-bond acceptors (Lipinski definition) is 3. The lowest BCUT2D eigenvalue weighted by atomic mass is 9.96. The molecule has 2 unspecified atom stereocenters. The summed E-state index contributed by atoms with van der Waals surface area (Å²) in [6.07, 6.45) is 10.9. The maximum Gasteiger partial charge on any atom is 0.0538 e. The van der Waals surface area contributed by atoms with Crippen LogP contribution >= 0.6 is 0 Å². The van der Waals surface area contributed by atoms with Crippen LogP contribution in [-0.4, -0.2) is 34.3 Å². The molecular formula is C17H32N4. The summed E-state index contributed by atoms with van der Waals surface area (Å²) in [7, 11) is 0. The van der Waals surface area contributed by atoms with E-state index in [0.29, 0.717) is 18.6 Å². The maximum absolute atomic E-state index is 6.09. The van der Waals surface area contributed by atoms with Gasteiger partial charge in [0.1, 0.15) is 0 Å². The van der Waals surface area contributed by atoms with E-state index in [2.05, 4.69) is 37.0 Å². The zero-order valence-corrected chi connectivity index (χ0v) is 14.0. The Morgan fingerprint density at radius 2 is 2.14 bits per heavy atom. The minimum Gasteiger partial charge on any atom is -0.329 e. The lowest BCUT2D eigenvalue weighted by Gasteiger charge is -2.29. The molecule has 2 atom stereocenters. The SMILES string of the molecule is CCCC1CCCN(C(CN)c2cnn(C(C)C)c2)CC1. The molecule has 4 nitrogen and oxygen atoms in total. The highest BCUT2D eigenvalue weighted by Crippen LogP contribution is 2.27. The van der Waals surface area contributed by atoms with Gasteiger partial charge < -0.3 is 5.73 Å². The standard InChI is InChI=1S/C17H32N4/c1-4-6-15-7-5-9-20(10-8-15)17(11-18)16-12-19-21(13-16)14(2)3/h12-15,17H,4-11,18H2,1-3H3. The summed E-state index contributed by atoms with van der Waals surface area (Å²) in [6, 6.07) is 0.744. The first-order valence-corrected chi connectivity index (χ1v) is 8.63. The predicted octanol–water partition coefficient (Wildman–Crippen LogP) is 3.37. The number of likely N-dealkylation sites (tertiary alicyclic amines) is 1. The summed E-state index contributed by atoms with van der Waals surface area (Å²) >= 11 is 0. The van der Waals surface area contributed by atoms with Crippen molar-refractivity contribution < 1.29 is 0 Å². The van der Waals surface area contributed by atoms with Gasteiger partial charge in [0.05, 0.1) is 12.2 Å². The number of rotatable bonds is 6. The van der Waals surface area contributed by atoms with Crippen LogP contribution in [0, 0.1) is 5.92 Å². The van der Waals surface area contributed by atoms with Crippen LogP contribution in [0.5, 0.6) is 0 Å². The first-order chi connectivity index (χ1) is 10.2. The molecule has 0 aromatic carbocycles. The Morgan fingerprint density at radius 3 is 2.76 bits per heavy atom. The third kappa shape index (κ3) is 4.30. The fourth-order valence-electron chi connectivity index (χ4n) is 3.50. The molecule has 21 heavy (non-hydrogen) atoms. The highest BCUT2D eigenvalue weighted by molar-refractivity contribution is 5.12. The molecule has 2 rings (SSSR count). The summed E-state index contributed by atoms with van der Waals surface area (Å²) in [4.78, 5) is 2.58. The minimum absolute atomic E-state index is 0.331. The molecule has 2 heterocycles. The Morgan fingerprint density at radius 1 is 1.33 bits per heavy atom. The smallest absolute Gasteiger partial charge is 0.0538 e. The third-order valence-corrected chi connectivity index (χ3v) is 4.78. The van der Waals surface area contributed by atoms with Gasteiger partial charge in [-0.3, -0.25) is 9.58 Å². The van der Waals surface area contributed by atoms with Crippen molar-refractivity contribution in [3.8, 4) is 0 Å². The Hall–Kier alpha value is -0.870. The van der Waals surface area contributed by atoms with Crippen molar-refractivity contribution >= 4 is 0 Å². The van der Waals surface area contributed by atoms with E-state index in [0.717, 1.165) is 5.92 Å². The summed E-state index contributed by atoms with van der Waals surface area (Å²) in [5.41, 5.74) is 7.36. The lowest BCUT2D eigenvalue weighted by Crippen LogP contribution is -2.34. The second kappa shape index (κ2) is 7.95. The van der Waals surface area contributed by atoms with Crippen molar-refractivity contribution in [3.05, 3.63) is 18.0 Å².